The molecule has 1 aliphatic rings. The summed E-state index contributed by atoms with van der Waals surface area (Å²) in [5.74, 6) is -3.53. The van der Waals surface area contributed by atoms with Gasteiger partial charge in [-0.05, 0) is 24.3 Å². The van der Waals surface area contributed by atoms with Gasteiger partial charge in [-0.2, -0.15) is 0 Å². The molecule has 0 saturated carbocycles. The fraction of sp³-hybridized carbons (Fsp3) is 0.133. The SMILES string of the molecule is [2H]C1([2H])c2c(F)cccc2C(=O)N1Cc1c(F)cc(Br)cc1F. The number of amides is 1. The minimum atomic E-state index is -2.50. The van der Waals surface area contributed by atoms with Gasteiger partial charge in [-0.25, -0.2) is 13.2 Å². The highest BCUT2D eigenvalue weighted by molar-refractivity contribution is 9.10. The fourth-order valence-corrected chi connectivity index (χ4v) is 2.54. The van der Waals surface area contributed by atoms with Crippen LogP contribution in [0, 0.1) is 17.5 Å². The zero-order valence-corrected chi connectivity index (χ0v) is 12.0. The lowest BCUT2D eigenvalue weighted by Gasteiger charge is -2.16. The van der Waals surface area contributed by atoms with Gasteiger partial charge in [0.25, 0.3) is 5.91 Å². The second-order valence-corrected chi connectivity index (χ2v) is 5.43. The molecule has 108 valence electrons. The maximum Gasteiger partial charge on any atom is 0.254 e. The second-order valence-electron chi connectivity index (χ2n) is 4.51. The first-order chi connectivity index (χ1) is 10.7. The van der Waals surface area contributed by atoms with Crippen molar-refractivity contribution in [3.05, 3.63) is 68.9 Å². The zero-order chi connectivity index (χ0) is 16.9. The Bertz CT molecular complexity index is 805. The minimum absolute atomic E-state index is 0.145. The number of carbonyl (C=O) groups excluding carboxylic acids is 1. The molecule has 1 amide bonds. The Labute approximate surface area is 130 Å². The standard InChI is InChI=1S/C15H9BrF3NO/c16-8-4-13(18)11(14(19)5-8)7-20-6-10-9(15(20)21)2-1-3-12(10)17/h1-5H,6-7H2/i6D2. The Morgan fingerprint density at radius 3 is 2.48 bits per heavy atom. The third-order valence-electron chi connectivity index (χ3n) is 3.16. The van der Waals surface area contributed by atoms with Crippen molar-refractivity contribution in [2.45, 2.75) is 13.0 Å². The Hall–Kier alpha value is -1.82. The smallest absolute Gasteiger partial charge is 0.254 e. The number of halogens is 4. The number of hydrogen-bond donors (Lipinski definition) is 0. The Morgan fingerprint density at radius 2 is 1.86 bits per heavy atom. The van der Waals surface area contributed by atoms with E-state index in [2.05, 4.69) is 15.9 Å². The summed E-state index contributed by atoms with van der Waals surface area (Å²) in [6, 6.07) is 5.64. The van der Waals surface area contributed by atoms with Crippen LogP contribution in [0.5, 0.6) is 0 Å². The summed E-state index contributed by atoms with van der Waals surface area (Å²) in [4.78, 5) is 12.9. The van der Waals surface area contributed by atoms with Crippen molar-refractivity contribution in [3.8, 4) is 0 Å². The summed E-state index contributed by atoms with van der Waals surface area (Å²) < 4.78 is 58.0. The van der Waals surface area contributed by atoms with E-state index in [0.717, 1.165) is 18.2 Å². The van der Waals surface area contributed by atoms with Gasteiger partial charge >= 0.3 is 0 Å². The lowest BCUT2D eigenvalue weighted by atomic mass is 10.1. The van der Waals surface area contributed by atoms with Crippen molar-refractivity contribution in [2.75, 3.05) is 0 Å². The van der Waals surface area contributed by atoms with Crippen molar-refractivity contribution < 1.29 is 20.7 Å². The summed E-state index contributed by atoms with van der Waals surface area (Å²) in [7, 11) is 0. The normalized spacial score (nSPS) is 17.5. The van der Waals surface area contributed by atoms with E-state index in [1.165, 1.54) is 12.1 Å². The molecular weight excluding hydrogens is 347 g/mol. The van der Waals surface area contributed by atoms with E-state index in [9.17, 15) is 18.0 Å². The Kier molecular flexibility index (Phi) is 2.91. The third-order valence-corrected chi connectivity index (χ3v) is 3.62. The Morgan fingerprint density at radius 1 is 1.19 bits per heavy atom. The molecule has 21 heavy (non-hydrogen) atoms. The minimum Gasteiger partial charge on any atom is -0.330 e. The molecule has 0 aliphatic carbocycles. The maximum absolute atomic E-state index is 13.9. The molecule has 2 aromatic rings. The van der Waals surface area contributed by atoms with E-state index in [0.29, 0.717) is 4.90 Å². The number of nitrogens with zero attached hydrogens (tertiary/aromatic N) is 1. The van der Waals surface area contributed by atoms with E-state index in [1.807, 2.05) is 0 Å². The second kappa shape index (κ2) is 5.18. The van der Waals surface area contributed by atoms with Crippen LogP contribution in [0.2, 0.25) is 0 Å². The van der Waals surface area contributed by atoms with Crippen molar-refractivity contribution >= 4 is 21.8 Å². The number of fused-ring (bicyclic) bond motifs is 1. The molecule has 1 aliphatic heterocycles. The predicted molar refractivity (Wildman–Crippen MR) is 74.0 cm³/mol. The molecule has 0 unspecified atom stereocenters. The number of carbonyl (C=O) groups is 1. The van der Waals surface area contributed by atoms with Crippen molar-refractivity contribution in [1.29, 1.82) is 0 Å². The molecule has 0 aromatic heterocycles. The molecule has 0 radical (unpaired) electrons. The molecule has 0 saturated heterocycles. The van der Waals surface area contributed by atoms with Crippen LogP contribution in [0.4, 0.5) is 13.2 Å². The largest absolute Gasteiger partial charge is 0.330 e. The van der Waals surface area contributed by atoms with E-state index in [4.69, 9.17) is 2.74 Å². The van der Waals surface area contributed by atoms with Gasteiger partial charge in [-0.15, -0.1) is 0 Å². The van der Waals surface area contributed by atoms with Crippen LogP contribution in [0.15, 0.2) is 34.8 Å². The highest BCUT2D eigenvalue weighted by atomic mass is 79.9. The average Bonchev–Trinajstić information content (AvgIpc) is 2.63. The molecule has 0 atom stereocenters. The van der Waals surface area contributed by atoms with E-state index in [-0.39, 0.29) is 10.0 Å². The quantitative estimate of drug-likeness (QED) is 0.794. The summed E-state index contributed by atoms with van der Waals surface area (Å²) in [6.45, 7) is -3.14. The number of hydrogen-bond acceptors (Lipinski definition) is 1. The van der Waals surface area contributed by atoms with Crippen LogP contribution < -0.4 is 0 Å². The summed E-state index contributed by atoms with van der Waals surface area (Å²) in [5, 5.41) is 0. The summed E-state index contributed by atoms with van der Waals surface area (Å²) in [6.07, 6.45) is 0. The molecule has 2 aromatic carbocycles. The summed E-state index contributed by atoms with van der Waals surface area (Å²) >= 11 is 2.94. The van der Waals surface area contributed by atoms with Gasteiger partial charge in [0.15, 0.2) is 0 Å². The van der Waals surface area contributed by atoms with Gasteiger partial charge in [-0.3, -0.25) is 4.79 Å². The first-order valence-corrected chi connectivity index (χ1v) is 6.77. The lowest BCUT2D eigenvalue weighted by Crippen LogP contribution is -2.24. The number of rotatable bonds is 2. The van der Waals surface area contributed by atoms with Crippen molar-refractivity contribution in [2.24, 2.45) is 0 Å². The predicted octanol–water partition coefficient (Wildman–Crippen LogP) is 4.02. The third kappa shape index (κ3) is 2.44. The van der Waals surface area contributed by atoms with Crippen LogP contribution in [0.1, 0.15) is 24.2 Å². The van der Waals surface area contributed by atoms with Gasteiger partial charge in [0.1, 0.15) is 17.5 Å². The van der Waals surface area contributed by atoms with Gasteiger partial charge in [0.2, 0.25) is 0 Å². The van der Waals surface area contributed by atoms with Gasteiger partial charge < -0.3 is 4.90 Å². The molecule has 0 spiro atoms. The highest BCUT2D eigenvalue weighted by Crippen LogP contribution is 2.28. The monoisotopic (exact) mass is 357 g/mol. The van der Waals surface area contributed by atoms with E-state index in [1.54, 1.807) is 0 Å². The maximum atomic E-state index is 13.9. The fourth-order valence-electron chi connectivity index (χ4n) is 2.14. The molecule has 0 N–H and O–H groups in total. The molecule has 6 heteroatoms. The first kappa shape index (κ1) is 11.8. The van der Waals surface area contributed by atoms with Crippen LogP contribution in [0.3, 0.4) is 0 Å². The van der Waals surface area contributed by atoms with E-state index < -0.39 is 47.5 Å². The van der Waals surface area contributed by atoms with Crippen LogP contribution in [-0.2, 0) is 13.0 Å². The lowest BCUT2D eigenvalue weighted by molar-refractivity contribution is 0.0763. The Balaban J connectivity index is 2.06. The molecule has 3 rings (SSSR count). The molecular formula is C15H9BrF3NO. The topological polar surface area (TPSA) is 20.3 Å². The average molecular weight is 358 g/mol. The van der Waals surface area contributed by atoms with Crippen LogP contribution >= 0.6 is 15.9 Å². The first-order valence-electron chi connectivity index (χ1n) is 6.98. The van der Waals surface area contributed by atoms with Gasteiger partial charge in [-0.1, -0.05) is 22.0 Å². The summed E-state index contributed by atoms with van der Waals surface area (Å²) in [5.41, 5.74) is -1.02. The molecule has 2 nitrogen and oxygen atoms in total. The molecule has 0 fully saturated rings. The molecule has 0 bridgehead atoms. The van der Waals surface area contributed by atoms with Crippen LogP contribution in [-0.4, -0.2) is 10.8 Å². The molecule has 1 heterocycles. The van der Waals surface area contributed by atoms with Crippen LogP contribution in [0.25, 0.3) is 0 Å². The van der Waals surface area contributed by atoms with Crippen molar-refractivity contribution in [3.63, 3.8) is 0 Å². The zero-order valence-electron chi connectivity index (χ0n) is 12.5. The van der Waals surface area contributed by atoms with E-state index >= 15 is 0 Å². The number of benzene rings is 2. The highest BCUT2D eigenvalue weighted by Gasteiger charge is 2.30. The van der Waals surface area contributed by atoms with Gasteiger partial charge in [0, 0.05) is 21.2 Å². The van der Waals surface area contributed by atoms with Crippen molar-refractivity contribution in [1.82, 2.24) is 4.90 Å². The van der Waals surface area contributed by atoms with Gasteiger partial charge in [0.05, 0.1) is 15.8 Å².